The summed E-state index contributed by atoms with van der Waals surface area (Å²) in [4.78, 5) is 10.3. The normalized spacial score (nSPS) is 10.6. The Balaban J connectivity index is 2.50. The van der Waals surface area contributed by atoms with Crippen molar-refractivity contribution < 1.29 is 4.79 Å². The van der Waals surface area contributed by atoms with Crippen LogP contribution in [0.1, 0.15) is 6.42 Å². The summed E-state index contributed by atoms with van der Waals surface area (Å²) in [6.07, 6.45) is 3.40. The maximum atomic E-state index is 10.3. The molecule has 2 aromatic rings. The highest BCUT2D eigenvalue weighted by Gasteiger charge is 2.03. The van der Waals surface area contributed by atoms with E-state index in [9.17, 15) is 4.79 Å². The SMILES string of the molecule is O=CCCn1ccc2cccc(Cl)c21. The molecule has 1 heterocycles. The molecule has 0 unspecified atom stereocenters. The number of hydrogen-bond donors (Lipinski definition) is 0. The summed E-state index contributed by atoms with van der Waals surface area (Å²) in [5.41, 5.74) is 1.01. The maximum absolute atomic E-state index is 10.3. The van der Waals surface area contributed by atoms with Crippen LogP contribution in [-0.4, -0.2) is 10.9 Å². The van der Waals surface area contributed by atoms with Gasteiger partial charge in [-0.15, -0.1) is 0 Å². The fourth-order valence-electron chi connectivity index (χ4n) is 1.59. The van der Waals surface area contributed by atoms with Gasteiger partial charge in [0.1, 0.15) is 6.29 Å². The van der Waals surface area contributed by atoms with Crippen LogP contribution in [0, 0.1) is 0 Å². The lowest BCUT2D eigenvalue weighted by Gasteiger charge is -2.03. The van der Waals surface area contributed by atoms with E-state index in [0.29, 0.717) is 13.0 Å². The number of benzene rings is 1. The molecule has 2 nitrogen and oxygen atoms in total. The van der Waals surface area contributed by atoms with Crippen LogP contribution in [0.15, 0.2) is 30.5 Å². The van der Waals surface area contributed by atoms with Gasteiger partial charge >= 0.3 is 0 Å². The zero-order valence-electron chi connectivity index (χ0n) is 7.61. The van der Waals surface area contributed by atoms with Gasteiger partial charge in [0, 0.05) is 24.5 Å². The zero-order chi connectivity index (χ0) is 9.97. The molecule has 0 spiro atoms. The van der Waals surface area contributed by atoms with Gasteiger partial charge in [-0.1, -0.05) is 23.7 Å². The fraction of sp³-hybridized carbons (Fsp3) is 0.182. The lowest BCUT2D eigenvalue weighted by Crippen LogP contribution is -1.96. The molecule has 0 aliphatic carbocycles. The second-order valence-corrected chi connectivity index (χ2v) is 3.55. The van der Waals surface area contributed by atoms with E-state index in [1.165, 1.54) is 0 Å². The van der Waals surface area contributed by atoms with Gasteiger partial charge < -0.3 is 9.36 Å². The minimum Gasteiger partial charge on any atom is -0.346 e. The Hall–Kier alpha value is -1.28. The number of aromatic nitrogens is 1. The van der Waals surface area contributed by atoms with Gasteiger partial charge in [0.25, 0.3) is 0 Å². The van der Waals surface area contributed by atoms with Gasteiger partial charge in [0.05, 0.1) is 10.5 Å². The lowest BCUT2D eigenvalue weighted by molar-refractivity contribution is -0.108. The molecule has 0 N–H and O–H groups in total. The van der Waals surface area contributed by atoms with Crippen LogP contribution in [0.4, 0.5) is 0 Å². The van der Waals surface area contributed by atoms with E-state index in [1.807, 2.05) is 35.0 Å². The van der Waals surface area contributed by atoms with E-state index >= 15 is 0 Å². The van der Waals surface area contributed by atoms with Gasteiger partial charge in [-0.25, -0.2) is 0 Å². The molecule has 1 aromatic carbocycles. The van der Waals surface area contributed by atoms with E-state index in [1.54, 1.807) is 0 Å². The van der Waals surface area contributed by atoms with Crippen LogP contribution in [-0.2, 0) is 11.3 Å². The predicted octanol–water partition coefficient (Wildman–Crippen LogP) is 2.88. The molecular formula is C11H10ClNO. The van der Waals surface area contributed by atoms with Gasteiger partial charge in [-0.2, -0.15) is 0 Å². The Morgan fingerprint density at radius 3 is 3.00 bits per heavy atom. The number of carbonyl (C=O) groups excluding carboxylic acids is 1. The first-order valence-corrected chi connectivity index (χ1v) is 4.87. The third-order valence-electron chi connectivity index (χ3n) is 2.23. The quantitative estimate of drug-likeness (QED) is 0.710. The van der Waals surface area contributed by atoms with Gasteiger partial charge in [0.15, 0.2) is 0 Å². The molecule has 0 radical (unpaired) electrons. The molecule has 1 aromatic heterocycles. The second kappa shape index (κ2) is 3.84. The van der Waals surface area contributed by atoms with Crippen molar-refractivity contribution in [3.8, 4) is 0 Å². The van der Waals surface area contributed by atoms with Crippen molar-refractivity contribution in [3.05, 3.63) is 35.5 Å². The predicted molar refractivity (Wildman–Crippen MR) is 57.6 cm³/mol. The average Bonchev–Trinajstić information content (AvgIpc) is 2.59. The van der Waals surface area contributed by atoms with Crippen molar-refractivity contribution in [1.82, 2.24) is 4.57 Å². The standard InChI is InChI=1S/C11H10ClNO/c12-10-4-1-3-9-5-7-13(11(9)10)6-2-8-14/h1,3-5,7-8H,2,6H2. The number of aldehydes is 1. The highest BCUT2D eigenvalue weighted by atomic mass is 35.5. The molecule has 0 amide bonds. The fourth-order valence-corrected chi connectivity index (χ4v) is 1.88. The Labute approximate surface area is 87.1 Å². The first kappa shape index (κ1) is 9.28. The van der Waals surface area contributed by atoms with E-state index in [4.69, 9.17) is 11.6 Å². The Bertz CT molecular complexity index is 461. The Morgan fingerprint density at radius 1 is 1.36 bits per heavy atom. The summed E-state index contributed by atoms with van der Waals surface area (Å²) < 4.78 is 2.01. The number of aryl methyl sites for hydroxylation is 1. The molecule has 0 atom stereocenters. The molecular weight excluding hydrogens is 198 g/mol. The van der Waals surface area contributed by atoms with Crippen molar-refractivity contribution in [2.75, 3.05) is 0 Å². The zero-order valence-corrected chi connectivity index (χ0v) is 8.37. The minimum atomic E-state index is 0.523. The molecule has 14 heavy (non-hydrogen) atoms. The highest BCUT2D eigenvalue weighted by molar-refractivity contribution is 6.35. The first-order chi connectivity index (χ1) is 6.83. The number of fused-ring (bicyclic) bond motifs is 1. The molecule has 0 fully saturated rings. The van der Waals surface area contributed by atoms with Gasteiger partial charge in [-0.3, -0.25) is 0 Å². The van der Waals surface area contributed by atoms with Crippen LogP contribution < -0.4 is 0 Å². The van der Waals surface area contributed by atoms with E-state index in [0.717, 1.165) is 22.2 Å². The van der Waals surface area contributed by atoms with Crippen molar-refractivity contribution in [3.63, 3.8) is 0 Å². The van der Waals surface area contributed by atoms with Gasteiger partial charge in [-0.05, 0) is 12.1 Å². The number of nitrogens with zero attached hydrogens (tertiary/aromatic N) is 1. The summed E-state index contributed by atoms with van der Waals surface area (Å²) in [5.74, 6) is 0. The molecule has 0 bridgehead atoms. The topological polar surface area (TPSA) is 22.0 Å². The van der Waals surface area contributed by atoms with Crippen LogP contribution in [0.3, 0.4) is 0 Å². The molecule has 3 heteroatoms. The average molecular weight is 208 g/mol. The van der Waals surface area contributed by atoms with Crippen molar-refractivity contribution in [1.29, 1.82) is 0 Å². The summed E-state index contributed by atoms with van der Waals surface area (Å²) in [5, 5.41) is 1.85. The number of rotatable bonds is 3. The van der Waals surface area contributed by atoms with Crippen LogP contribution >= 0.6 is 11.6 Å². The second-order valence-electron chi connectivity index (χ2n) is 3.14. The van der Waals surface area contributed by atoms with Gasteiger partial charge in [0.2, 0.25) is 0 Å². The number of halogens is 1. The lowest BCUT2D eigenvalue weighted by atomic mass is 10.2. The summed E-state index contributed by atoms with van der Waals surface area (Å²) in [6, 6.07) is 7.81. The summed E-state index contributed by atoms with van der Waals surface area (Å²) >= 11 is 6.07. The third-order valence-corrected chi connectivity index (χ3v) is 2.53. The van der Waals surface area contributed by atoms with Crippen LogP contribution in [0.25, 0.3) is 10.9 Å². The van der Waals surface area contributed by atoms with E-state index < -0.39 is 0 Å². The molecule has 0 aliphatic rings. The number of carbonyl (C=O) groups is 1. The van der Waals surface area contributed by atoms with Crippen LogP contribution in [0.5, 0.6) is 0 Å². The van der Waals surface area contributed by atoms with Crippen molar-refractivity contribution in [2.24, 2.45) is 0 Å². The minimum absolute atomic E-state index is 0.523. The molecule has 0 saturated heterocycles. The maximum Gasteiger partial charge on any atom is 0.121 e. The Kier molecular flexibility index (Phi) is 2.55. The molecule has 72 valence electrons. The smallest absolute Gasteiger partial charge is 0.121 e. The largest absolute Gasteiger partial charge is 0.346 e. The third kappa shape index (κ3) is 1.53. The Morgan fingerprint density at radius 2 is 2.21 bits per heavy atom. The van der Waals surface area contributed by atoms with E-state index in [-0.39, 0.29) is 0 Å². The molecule has 0 saturated carbocycles. The molecule has 0 aliphatic heterocycles. The van der Waals surface area contributed by atoms with E-state index in [2.05, 4.69) is 0 Å². The molecule has 2 rings (SSSR count). The monoisotopic (exact) mass is 207 g/mol. The highest BCUT2D eigenvalue weighted by Crippen LogP contribution is 2.24. The van der Waals surface area contributed by atoms with Crippen molar-refractivity contribution in [2.45, 2.75) is 13.0 Å². The van der Waals surface area contributed by atoms with Crippen LogP contribution in [0.2, 0.25) is 5.02 Å². The number of hydrogen-bond acceptors (Lipinski definition) is 1. The van der Waals surface area contributed by atoms with Crippen molar-refractivity contribution >= 4 is 28.8 Å². The number of para-hydroxylation sites is 1. The first-order valence-electron chi connectivity index (χ1n) is 4.50. The summed E-state index contributed by atoms with van der Waals surface area (Å²) in [7, 11) is 0. The summed E-state index contributed by atoms with van der Waals surface area (Å²) in [6.45, 7) is 0.691.